The number of pyridine rings is 1. The second-order valence-corrected chi connectivity index (χ2v) is 10.5. The van der Waals surface area contributed by atoms with E-state index in [-0.39, 0.29) is 28.7 Å². The minimum Gasteiger partial charge on any atom is -0.465 e. The summed E-state index contributed by atoms with van der Waals surface area (Å²) in [4.78, 5) is 16.3. The van der Waals surface area contributed by atoms with Crippen LogP contribution in [0.5, 0.6) is 5.75 Å². The Hall–Kier alpha value is -4.06. The van der Waals surface area contributed by atoms with Crippen molar-refractivity contribution in [2.75, 3.05) is 11.4 Å². The molecule has 0 saturated carbocycles. The van der Waals surface area contributed by atoms with Gasteiger partial charge in [0, 0.05) is 6.20 Å². The number of nitrogens with zero attached hydrogens (tertiary/aromatic N) is 3. The minimum absolute atomic E-state index is 0.103. The van der Waals surface area contributed by atoms with Crippen molar-refractivity contribution in [2.45, 2.75) is 37.6 Å². The lowest BCUT2D eigenvalue weighted by Crippen LogP contribution is -2.32. The Morgan fingerprint density at radius 1 is 1.03 bits per heavy atom. The van der Waals surface area contributed by atoms with E-state index in [4.69, 9.17) is 0 Å². The van der Waals surface area contributed by atoms with Crippen LogP contribution in [0.4, 0.5) is 19.0 Å². The Bertz CT molecular complexity index is 1550. The van der Waals surface area contributed by atoms with E-state index in [0.29, 0.717) is 16.9 Å². The van der Waals surface area contributed by atoms with Crippen molar-refractivity contribution in [1.29, 1.82) is 0 Å². The fourth-order valence-corrected chi connectivity index (χ4v) is 5.38. The fraction of sp³-hybridized carbons (Fsp3) is 0.231. The van der Waals surface area contributed by atoms with Crippen LogP contribution in [0.3, 0.4) is 0 Å². The lowest BCUT2D eigenvalue weighted by molar-refractivity contribution is -0.274. The number of imidazole rings is 1. The highest BCUT2D eigenvalue weighted by Gasteiger charge is 2.33. The SMILES string of the molecule is COC(=O)c1ccc(S(=O)(=O)N(Cc2ccc(OC(F)(F)F)cc2)c2nc3ccccn3c2C(C)C)cc1. The van der Waals surface area contributed by atoms with Gasteiger partial charge in [-0.3, -0.25) is 0 Å². The molecule has 200 valence electrons. The highest BCUT2D eigenvalue weighted by atomic mass is 32.2. The number of hydrogen-bond acceptors (Lipinski definition) is 6. The minimum atomic E-state index is -4.85. The Balaban J connectivity index is 1.82. The molecule has 0 atom stereocenters. The second kappa shape index (κ2) is 10.4. The number of carbonyl (C=O) groups is 1. The van der Waals surface area contributed by atoms with Crippen LogP contribution in [0.15, 0.2) is 77.8 Å². The van der Waals surface area contributed by atoms with Gasteiger partial charge in [0.2, 0.25) is 0 Å². The number of carbonyl (C=O) groups excluding carboxylic acids is 1. The van der Waals surface area contributed by atoms with E-state index in [2.05, 4.69) is 14.5 Å². The number of sulfonamides is 1. The van der Waals surface area contributed by atoms with E-state index >= 15 is 0 Å². The van der Waals surface area contributed by atoms with E-state index in [1.165, 1.54) is 43.5 Å². The molecule has 0 aliphatic rings. The summed E-state index contributed by atoms with van der Waals surface area (Å²) >= 11 is 0. The maximum atomic E-state index is 14.0. The van der Waals surface area contributed by atoms with Gasteiger partial charge in [0.25, 0.3) is 10.0 Å². The molecule has 0 bridgehead atoms. The molecule has 0 amide bonds. The zero-order valence-electron chi connectivity index (χ0n) is 20.6. The molecule has 0 spiro atoms. The third-order valence-corrected chi connectivity index (χ3v) is 7.43. The van der Waals surface area contributed by atoms with Crippen molar-refractivity contribution in [3.63, 3.8) is 0 Å². The predicted molar refractivity (Wildman–Crippen MR) is 134 cm³/mol. The molecule has 2 aromatic carbocycles. The van der Waals surface area contributed by atoms with Crippen molar-refractivity contribution >= 4 is 27.5 Å². The molecule has 0 aliphatic carbocycles. The predicted octanol–water partition coefficient (Wildman–Crippen LogP) is 5.54. The Morgan fingerprint density at radius 2 is 1.68 bits per heavy atom. The summed E-state index contributed by atoms with van der Waals surface area (Å²) in [5.74, 6) is -0.998. The molecule has 0 fully saturated rings. The first-order valence-electron chi connectivity index (χ1n) is 11.4. The van der Waals surface area contributed by atoms with E-state index in [1.807, 2.05) is 13.8 Å². The summed E-state index contributed by atoms with van der Waals surface area (Å²) in [6.07, 6.45) is -3.07. The molecule has 0 saturated heterocycles. The summed E-state index contributed by atoms with van der Waals surface area (Å²) in [5, 5.41) is 0. The van der Waals surface area contributed by atoms with Gasteiger partial charge in [-0.05, 0) is 60.0 Å². The second-order valence-electron chi connectivity index (χ2n) is 8.62. The summed E-state index contributed by atoms with van der Waals surface area (Å²) in [6, 6.07) is 15.5. The topological polar surface area (TPSA) is 90.2 Å². The number of fused-ring (bicyclic) bond motifs is 1. The third kappa shape index (κ3) is 5.59. The zero-order chi connectivity index (χ0) is 27.7. The number of halogens is 3. The van der Waals surface area contributed by atoms with Crippen LogP contribution < -0.4 is 9.04 Å². The number of anilines is 1. The van der Waals surface area contributed by atoms with Crippen LogP contribution in [-0.2, 0) is 21.3 Å². The quantitative estimate of drug-likeness (QED) is 0.269. The maximum Gasteiger partial charge on any atom is 0.573 e. The molecule has 0 unspecified atom stereocenters. The Kier molecular flexibility index (Phi) is 7.36. The number of rotatable bonds is 8. The van der Waals surface area contributed by atoms with Crippen molar-refractivity contribution < 1.29 is 35.9 Å². The lowest BCUT2D eigenvalue weighted by Gasteiger charge is -2.25. The highest BCUT2D eigenvalue weighted by molar-refractivity contribution is 7.92. The number of benzene rings is 2. The fourth-order valence-electron chi connectivity index (χ4n) is 3.97. The number of aromatic nitrogens is 2. The number of alkyl halides is 3. The van der Waals surface area contributed by atoms with Crippen molar-refractivity contribution in [1.82, 2.24) is 9.38 Å². The van der Waals surface area contributed by atoms with Gasteiger partial charge in [-0.15, -0.1) is 13.2 Å². The molecular formula is C26H24F3N3O5S. The Morgan fingerprint density at radius 3 is 2.26 bits per heavy atom. The summed E-state index contributed by atoms with van der Waals surface area (Å²) < 4.78 is 77.3. The molecule has 2 aromatic heterocycles. The molecule has 0 radical (unpaired) electrons. The van der Waals surface area contributed by atoms with Crippen molar-refractivity contribution in [2.24, 2.45) is 0 Å². The molecule has 0 aliphatic heterocycles. The summed E-state index contributed by atoms with van der Waals surface area (Å²) in [6.45, 7) is 3.58. The zero-order valence-corrected chi connectivity index (χ0v) is 21.5. The van der Waals surface area contributed by atoms with Crippen LogP contribution in [0.2, 0.25) is 0 Å². The van der Waals surface area contributed by atoms with Gasteiger partial charge in [-0.2, -0.15) is 0 Å². The van der Waals surface area contributed by atoms with Crippen LogP contribution >= 0.6 is 0 Å². The number of methoxy groups -OCH3 is 1. The number of hydrogen-bond donors (Lipinski definition) is 0. The average Bonchev–Trinajstić information content (AvgIpc) is 3.26. The smallest absolute Gasteiger partial charge is 0.465 e. The van der Waals surface area contributed by atoms with Crippen LogP contribution in [-0.4, -0.2) is 37.2 Å². The first-order chi connectivity index (χ1) is 17.9. The highest BCUT2D eigenvalue weighted by Crippen LogP contribution is 2.34. The van der Waals surface area contributed by atoms with Crippen LogP contribution in [0, 0.1) is 0 Å². The number of esters is 1. The normalized spacial score (nSPS) is 12.1. The van der Waals surface area contributed by atoms with Gasteiger partial charge in [0.1, 0.15) is 11.4 Å². The van der Waals surface area contributed by atoms with Crippen LogP contribution in [0.1, 0.15) is 41.4 Å². The first kappa shape index (κ1) is 27.0. The Labute approximate surface area is 217 Å². The largest absolute Gasteiger partial charge is 0.573 e. The maximum absolute atomic E-state index is 14.0. The summed E-state index contributed by atoms with van der Waals surface area (Å²) in [5.41, 5.74) is 1.74. The lowest BCUT2D eigenvalue weighted by atomic mass is 10.1. The van der Waals surface area contributed by atoms with Crippen molar-refractivity contribution in [3.05, 3.63) is 89.7 Å². The standard InChI is InChI=1S/C26H24F3N3O5S/c1-17(2)23-24(30-22-6-4-5-15-31(22)23)32(16-18-7-11-20(12-8-18)37-26(27,28)29)38(34,35)21-13-9-19(10-14-21)25(33)36-3/h4-15,17H,16H2,1-3H3. The molecular weight excluding hydrogens is 523 g/mol. The van der Waals surface area contributed by atoms with Crippen molar-refractivity contribution in [3.8, 4) is 5.75 Å². The number of ether oxygens (including phenoxy) is 2. The van der Waals surface area contributed by atoms with Gasteiger partial charge in [-0.1, -0.05) is 32.0 Å². The molecule has 0 N–H and O–H groups in total. The van der Waals surface area contributed by atoms with E-state index < -0.39 is 28.1 Å². The van der Waals surface area contributed by atoms with E-state index in [1.54, 1.807) is 28.8 Å². The molecule has 38 heavy (non-hydrogen) atoms. The third-order valence-electron chi connectivity index (χ3n) is 5.68. The summed E-state index contributed by atoms with van der Waals surface area (Å²) in [7, 11) is -3.03. The monoisotopic (exact) mass is 547 g/mol. The average molecular weight is 548 g/mol. The molecule has 2 heterocycles. The molecule has 8 nitrogen and oxygen atoms in total. The molecule has 4 aromatic rings. The van der Waals surface area contributed by atoms with E-state index in [0.717, 1.165) is 16.4 Å². The van der Waals surface area contributed by atoms with Gasteiger partial charge in [-0.25, -0.2) is 22.5 Å². The van der Waals surface area contributed by atoms with E-state index in [9.17, 15) is 26.4 Å². The van der Waals surface area contributed by atoms with Crippen LogP contribution in [0.25, 0.3) is 5.65 Å². The van der Waals surface area contributed by atoms with Gasteiger partial charge in [0.15, 0.2) is 5.82 Å². The molecule has 12 heteroatoms. The van der Waals surface area contributed by atoms with Gasteiger partial charge < -0.3 is 13.9 Å². The van der Waals surface area contributed by atoms with Gasteiger partial charge in [0.05, 0.1) is 29.8 Å². The first-order valence-corrected chi connectivity index (χ1v) is 12.9. The molecule has 4 rings (SSSR count). The van der Waals surface area contributed by atoms with Gasteiger partial charge >= 0.3 is 12.3 Å².